The Morgan fingerprint density at radius 1 is 1.17 bits per heavy atom. The van der Waals surface area contributed by atoms with Gasteiger partial charge in [0.1, 0.15) is 0 Å². The first-order valence-electron chi connectivity index (χ1n) is 4.80. The van der Waals surface area contributed by atoms with Gasteiger partial charge in [-0.05, 0) is 74.7 Å². The van der Waals surface area contributed by atoms with E-state index in [0.29, 0.717) is 28.5 Å². The molecule has 1 amide bonds. The van der Waals surface area contributed by atoms with E-state index in [9.17, 15) is 14.7 Å². The number of benzene rings is 1. The van der Waals surface area contributed by atoms with Gasteiger partial charge in [-0.25, -0.2) is 4.79 Å². The van der Waals surface area contributed by atoms with Crippen molar-refractivity contribution in [3.63, 3.8) is 0 Å². The summed E-state index contributed by atoms with van der Waals surface area (Å²) in [5, 5.41) is 11.9. The maximum atomic E-state index is 12.0. The zero-order valence-electron chi connectivity index (χ0n) is 9.18. The van der Waals surface area contributed by atoms with E-state index in [2.05, 4.69) is 5.32 Å². The Hall–Kier alpha value is 0.150. The van der Waals surface area contributed by atoms with Crippen molar-refractivity contribution < 1.29 is 14.7 Å². The van der Waals surface area contributed by atoms with Crippen LogP contribution in [0.3, 0.4) is 0 Å². The number of hydrogen-bond acceptors (Lipinski definition) is 3. The zero-order valence-corrected chi connectivity index (χ0v) is 15.7. The summed E-state index contributed by atoms with van der Waals surface area (Å²) in [4.78, 5) is 23.2. The third kappa shape index (κ3) is 3.00. The third-order valence-electron chi connectivity index (χ3n) is 2.13. The van der Waals surface area contributed by atoms with Crippen molar-refractivity contribution >= 4 is 85.3 Å². The normalized spacial score (nSPS) is 10.2. The molecule has 0 heterocycles. The van der Waals surface area contributed by atoms with Gasteiger partial charge >= 0.3 is 5.97 Å². The van der Waals surface area contributed by atoms with Crippen LogP contribution in [0.15, 0.2) is 0 Å². The van der Waals surface area contributed by atoms with Crippen molar-refractivity contribution in [2.45, 2.75) is 6.92 Å². The number of carboxylic acids is 1. The molecule has 0 saturated heterocycles. The van der Waals surface area contributed by atoms with E-state index in [0.717, 1.165) is 0 Å². The van der Waals surface area contributed by atoms with Crippen molar-refractivity contribution in [2.24, 2.45) is 0 Å². The molecule has 0 aliphatic heterocycles. The second kappa shape index (κ2) is 6.54. The van der Waals surface area contributed by atoms with Gasteiger partial charge in [-0.2, -0.15) is 0 Å². The number of rotatable bonds is 3. The van der Waals surface area contributed by atoms with E-state index in [-0.39, 0.29) is 11.5 Å². The standard InChI is InChI=1S/C10H9I3N2O3/c1-2-15-9(16)3-5(11)4(10(17)18)7(13)8(14)6(3)12/h2,14H2,1H3,(H,15,16)(H,17,18). The molecule has 1 aromatic rings. The second-order valence-corrected chi connectivity index (χ2v) is 6.51. The van der Waals surface area contributed by atoms with Crippen LogP contribution in [0.25, 0.3) is 0 Å². The monoisotopic (exact) mass is 586 g/mol. The molecule has 0 aliphatic rings. The second-order valence-electron chi connectivity index (χ2n) is 3.27. The van der Waals surface area contributed by atoms with Crippen LogP contribution >= 0.6 is 67.8 Å². The molecule has 98 valence electrons. The zero-order chi connectivity index (χ0) is 14.0. The minimum atomic E-state index is -1.09. The predicted octanol–water partition coefficient (Wildman–Crippen LogP) is 2.53. The van der Waals surface area contributed by atoms with Crippen molar-refractivity contribution in [2.75, 3.05) is 12.3 Å². The van der Waals surface area contributed by atoms with Crippen LogP contribution in [0.1, 0.15) is 27.6 Å². The molecule has 0 fully saturated rings. The summed E-state index contributed by atoms with van der Waals surface area (Å²) in [5.74, 6) is -1.39. The van der Waals surface area contributed by atoms with Crippen molar-refractivity contribution in [3.05, 3.63) is 21.8 Å². The summed E-state index contributed by atoms with van der Waals surface area (Å²) < 4.78 is 1.45. The predicted molar refractivity (Wildman–Crippen MR) is 94.0 cm³/mol. The first-order chi connectivity index (χ1) is 8.32. The summed E-state index contributed by atoms with van der Waals surface area (Å²) in [6, 6.07) is 0. The maximum Gasteiger partial charge on any atom is 0.337 e. The number of halogens is 3. The smallest absolute Gasteiger partial charge is 0.337 e. The van der Waals surface area contributed by atoms with Crippen LogP contribution in [0, 0.1) is 10.7 Å². The van der Waals surface area contributed by atoms with E-state index in [4.69, 9.17) is 5.73 Å². The number of carbonyl (C=O) groups is 2. The molecular formula is C10H9I3N2O3. The summed E-state index contributed by atoms with van der Waals surface area (Å²) in [6.45, 7) is 2.27. The van der Waals surface area contributed by atoms with E-state index in [1.54, 1.807) is 6.92 Å². The van der Waals surface area contributed by atoms with Gasteiger partial charge in [-0.1, -0.05) is 0 Å². The van der Waals surface area contributed by atoms with Gasteiger partial charge < -0.3 is 16.2 Å². The minimum absolute atomic E-state index is 0.0790. The number of carbonyl (C=O) groups excluding carboxylic acids is 1. The average molecular weight is 586 g/mol. The quantitative estimate of drug-likeness (QED) is 0.376. The van der Waals surface area contributed by atoms with Gasteiger partial charge in [0, 0.05) is 10.1 Å². The number of anilines is 1. The van der Waals surface area contributed by atoms with Gasteiger partial charge in [0.25, 0.3) is 5.91 Å². The Morgan fingerprint density at radius 2 is 1.67 bits per heavy atom. The van der Waals surface area contributed by atoms with Crippen LogP contribution in [0.4, 0.5) is 5.69 Å². The van der Waals surface area contributed by atoms with Gasteiger partial charge in [0.2, 0.25) is 0 Å². The van der Waals surface area contributed by atoms with Gasteiger partial charge in [-0.3, -0.25) is 4.79 Å². The lowest BCUT2D eigenvalue weighted by Gasteiger charge is -2.14. The lowest BCUT2D eigenvalue weighted by molar-refractivity contribution is 0.0694. The highest BCUT2D eigenvalue weighted by Gasteiger charge is 2.26. The molecule has 8 heteroatoms. The van der Waals surface area contributed by atoms with Crippen molar-refractivity contribution in [1.82, 2.24) is 5.32 Å². The Bertz CT molecular complexity index is 532. The number of nitrogens with two attached hydrogens (primary N) is 1. The van der Waals surface area contributed by atoms with Crippen molar-refractivity contribution in [3.8, 4) is 0 Å². The molecular weight excluding hydrogens is 577 g/mol. The van der Waals surface area contributed by atoms with Crippen LogP contribution in [0.5, 0.6) is 0 Å². The summed E-state index contributed by atoms with van der Waals surface area (Å²) in [5.41, 5.74) is 6.60. The minimum Gasteiger partial charge on any atom is -0.478 e. The lowest BCUT2D eigenvalue weighted by Crippen LogP contribution is -2.26. The summed E-state index contributed by atoms with van der Waals surface area (Å²) in [6.07, 6.45) is 0. The molecule has 0 bridgehead atoms. The van der Waals surface area contributed by atoms with E-state index in [1.807, 2.05) is 67.8 Å². The number of nitrogen functional groups attached to an aromatic ring is 1. The maximum absolute atomic E-state index is 12.0. The topological polar surface area (TPSA) is 92.4 Å². The number of carboxylic acid groups (broad SMARTS) is 1. The van der Waals surface area contributed by atoms with Gasteiger partial charge in [0.05, 0.1) is 24.0 Å². The van der Waals surface area contributed by atoms with E-state index in [1.165, 1.54) is 0 Å². The number of hydrogen-bond donors (Lipinski definition) is 3. The fourth-order valence-electron chi connectivity index (χ4n) is 1.32. The third-order valence-corrected chi connectivity index (χ3v) is 5.45. The van der Waals surface area contributed by atoms with Crippen molar-refractivity contribution in [1.29, 1.82) is 0 Å². The highest BCUT2D eigenvalue weighted by molar-refractivity contribution is 14.1. The molecule has 18 heavy (non-hydrogen) atoms. The first kappa shape index (κ1) is 16.2. The largest absolute Gasteiger partial charge is 0.478 e. The number of amides is 1. The Balaban J connectivity index is 3.62. The average Bonchev–Trinajstić information content (AvgIpc) is 2.26. The molecule has 4 N–H and O–H groups in total. The van der Waals surface area contributed by atoms with Gasteiger partial charge in [0.15, 0.2) is 0 Å². The fraction of sp³-hybridized carbons (Fsp3) is 0.200. The molecule has 0 unspecified atom stereocenters. The molecule has 1 rings (SSSR count). The molecule has 5 nitrogen and oxygen atoms in total. The van der Waals surface area contributed by atoms with Gasteiger partial charge in [-0.15, -0.1) is 0 Å². The van der Waals surface area contributed by atoms with E-state index >= 15 is 0 Å². The Kier molecular flexibility index (Phi) is 5.89. The molecule has 0 aliphatic carbocycles. The first-order valence-corrected chi connectivity index (χ1v) is 8.03. The number of nitrogens with one attached hydrogen (secondary N) is 1. The SMILES string of the molecule is CCNC(=O)c1c(I)c(N)c(I)c(C(=O)O)c1I. The molecule has 0 spiro atoms. The van der Waals surface area contributed by atoms with Crippen LogP contribution in [0.2, 0.25) is 0 Å². The fourth-order valence-corrected chi connectivity index (χ4v) is 5.44. The molecule has 1 aromatic carbocycles. The summed E-state index contributed by atoms with van der Waals surface area (Å²) >= 11 is 5.72. The van der Waals surface area contributed by atoms with Crippen LogP contribution < -0.4 is 11.1 Å². The van der Waals surface area contributed by atoms with Crippen LogP contribution in [-0.4, -0.2) is 23.5 Å². The highest BCUT2D eigenvalue weighted by atomic mass is 127. The lowest BCUT2D eigenvalue weighted by atomic mass is 10.1. The Labute approximate surface area is 145 Å². The van der Waals surface area contributed by atoms with E-state index < -0.39 is 5.97 Å². The number of aromatic carboxylic acids is 1. The molecule has 0 saturated carbocycles. The molecule has 0 atom stereocenters. The highest BCUT2D eigenvalue weighted by Crippen LogP contribution is 2.33. The summed E-state index contributed by atoms with van der Waals surface area (Å²) in [7, 11) is 0. The van der Waals surface area contributed by atoms with Crippen LogP contribution in [-0.2, 0) is 0 Å². The molecule has 0 aromatic heterocycles. The Morgan fingerprint density at radius 3 is 2.11 bits per heavy atom. The molecule has 0 radical (unpaired) electrons.